The van der Waals surface area contributed by atoms with Crippen LogP contribution >= 0.6 is 11.6 Å². The lowest BCUT2D eigenvalue weighted by Gasteiger charge is -1.87. The third kappa shape index (κ3) is 1.14. The number of hydrogen-bond acceptors (Lipinski definition) is 3. The normalized spacial score (nSPS) is 10.8. The lowest BCUT2D eigenvalue weighted by atomic mass is 10.5. The molecule has 0 amide bonds. The third-order valence-electron chi connectivity index (χ3n) is 1.57. The molecule has 0 N–H and O–H groups in total. The van der Waals surface area contributed by atoms with Crippen LogP contribution in [0.25, 0.3) is 11.2 Å². The van der Waals surface area contributed by atoms with Crippen molar-refractivity contribution in [3.05, 3.63) is 17.5 Å². The summed E-state index contributed by atoms with van der Waals surface area (Å²) in [5, 5.41) is 4.53. The van der Waals surface area contributed by atoms with E-state index in [0.717, 1.165) is 12.1 Å². The minimum atomic E-state index is 0.379. The molecule has 12 heavy (non-hydrogen) atoms. The molecule has 0 radical (unpaired) electrons. The van der Waals surface area contributed by atoms with Crippen LogP contribution in [0.4, 0.5) is 0 Å². The van der Waals surface area contributed by atoms with E-state index < -0.39 is 0 Å². The van der Waals surface area contributed by atoms with Gasteiger partial charge in [0.15, 0.2) is 0 Å². The highest BCUT2D eigenvalue weighted by Gasteiger charge is 2.01. The Kier molecular flexibility index (Phi) is 1.69. The summed E-state index contributed by atoms with van der Waals surface area (Å²) >= 11 is 5.65. The van der Waals surface area contributed by atoms with Crippen LogP contribution in [0.5, 0.6) is 0 Å². The predicted octanol–water partition coefficient (Wildman–Crippen LogP) is 1.50. The Morgan fingerprint density at radius 2 is 2.42 bits per heavy atom. The summed E-state index contributed by atoms with van der Waals surface area (Å²) in [6, 6.07) is 0. The van der Waals surface area contributed by atoms with Crippen molar-refractivity contribution < 1.29 is 0 Å². The smallest absolute Gasteiger partial charge is 0.201 e. The van der Waals surface area contributed by atoms with E-state index in [0.29, 0.717) is 10.8 Å². The van der Waals surface area contributed by atoms with Gasteiger partial charge in [-0.15, -0.1) is 0 Å². The fourth-order valence-corrected chi connectivity index (χ4v) is 1.12. The first-order chi connectivity index (χ1) is 5.79. The van der Waals surface area contributed by atoms with Gasteiger partial charge >= 0.3 is 0 Å². The van der Waals surface area contributed by atoms with Crippen molar-refractivity contribution in [2.45, 2.75) is 13.5 Å². The van der Waals surface area contributed by atoms with Crippen molar-refractivity contribution in [3.8, 4) is 0 Å². The summed E-state index contributed by atoms with van der Waals surface area (Å²) in [6.45, 7) is 2.82. The van der Waals surface area contributed by atoms with Crippen molar-refractivity contribution in [2.24, 2.45) is 0 Å². The highest BCUT2D eigenvalue weighted by molar-refractivity contribution is 6.29. The average molecular weight is 183 g/mol. The molecule has 0 fully saturated rings. The van der Waals surface area contributed by atoms with Gasteiger partial charge < -0.3 is 0 Å². The lowest BCUT2D eigenvalue weighted by molar-refractivity contribution is 0.665. The minimum Gasteiger partial charge on any atom is -0.269 e. The molecule has 2 aromatic rings. The number of aromatic nitrogens is 4. The third-order valence-corrected chi connectivity index (χ3v) is 1.75. The molecule has 0 saturated carbocycles. The predicted molar refractivity (Wildman–Crippen MR) is 46.0 cm³/mol. The topological polar surface area (TPSA) is 43.6 Å². The summed E-state index contributed by atoms with van der Waals surface area (Å²) in [5.74, 6) is 0. The van der Waals surface area contributed by atoms with Crippen LogP contribution in [0, 0.1) is 0 Å². The quantitative estimate of drug-likeness (QED) is 0.672. The molecule has 0 aliphatic rings. The second kappa shape index (κ2) is 2.71. The number of rotatable bonds is 1. The van der Waals surface area contributed by atoms with E-state index in [9.17, 15) is 0 Å². The maximum Gasteiger partial charge on any atom is 0.201 e. The van der Waals surface area contributed by atoms with E-state index in [1.807, 2.05) is 13.1 Å². The van der Waals surface area contributed by atoms with Gasteiger partial charge in [0.25, 0.3) is 0 Å². The van der Waals surface area contributed by atoms with Crippen LogP contribution < -0.4 is 0 Å². The highest BCUT2D eigenvalue weighted by Crippen LogP contribution is 2.09. The first kappa shape index (κ1) is 7.49. The van der Waals surface area contributed by atoms with Gasteiger partial charge in [-0.1, -0.05) is 11.6 Å². The molecule has 4 nitrogen and oxygen atoms in total. The largest absolute Gasteiger partial charge is 0.269 e. The number of hydrogen-bond donors (Lipinski definition) is 0. The van der Waals surface area contributed by atoms with Gasteiger partial charge in [0, 0.05) is 6.54 Å². The zero-order chi connectivity index (χ0) is 8.55. The maximum absolute atomic E-state index is 5.65. The Labute approximate surface area is 74.2 Å². The molecule has 0 bridgehead atoms. The van der Waals surface area contributed by atoms with Crippen molar-refractivity contribution in [1.29, 1.82) is 0 Å². The van der Waals surface area contributed by atoms with Crippen LogP contribution in [-0.4, -0.2) is 19.7 Å². The van der Waals surface area contributed by atoms with E-state index in [-0.39, 0.29) is 0 Å². The lowest BCUT2D eigenvalue weighted by Crippen LogP contribution is -1.92. The molecule has 0 saturated heterocycles. The van der Waals surface area contributed by atoms with Crippen LogP contribution in [-0.2, 0) is 6.54 Å². The van der Waals surface area contributed by atoms with Crippen LogP contribution in [0.15, 0.2) is 12.4 Å². The van der Waals surface area contributed by atoms with Crippen molar-refractivity contribution >= 4 is 22.8 Å². The Morgan fingerprint density at radius 1 is 1.58 bits per heavy atom. The molecule has 2 heterocycles. The van der Waals surface area contributed by atoms with Crippen LogP contribution in [0.2, 0.25) is 5.15 Å². The fourth-order valence-electron chi connectivity index (χ4n) is 0.986. The molecule has 0 spiro atoms. The number of nitrogens with zero attached hydrogens (tertiary/aromatic N) is 4. The van der Waals surface area contributed by atoms with E-state index >= 15 is 0 Å². The van der Waals surface area contributed by atoms with Crippen molar-refractivity contribution in [1.82, 2.24) is 19.7 Å². The zero-order valence-corrected chi connectivity index (χ0v) is 7.28. The SMILES string of the molecule is CCn1cc2ncc(Cl)nc2n1. The Morgan fingerprint density at radius 3 is 3.17 bits per heavy atom. The first-order valence-electron chi connectivity index (χ1n) is 3.65. The summed E-state index contributed by atoms with van der Waals surface area (Å²) < 4.78 is 1.78. The standard InChI is InChI=1S/C7H7ClN4/c1-2-12-4-5-7(11-12)10-6(8)3-9-5/h3-4H,2H2,1H3. The fraction of sp³-hybridized carbons (Fsp3) is 0.286. The van der Waals surface area contributed by atoms with E-state index in [1.54, 1.807) is 4.68 Å². The van der Waals surface area contributed by atoms with Gasteiger partial charge in [0.1, 0.15) is 10.7 Å². The molecule has 62 valence electrons. The molecule has 2 aromatic heterocycles. The van der Waals surface area contributed by atoms with Crippen LogP contribution in [0.3, 0.4) is 0 Å². The summed E-state index contributed by atoms with van der Waals surface area (Å²) in [5.41, 5.74) is 1.38. The van der Waals surface area contributed by atoms with Crippen LogP contribution in [0.1, 0.15) is 6.92 Å². The van der Waals surface area contributed by atoms with E-state index in [1.165, 1.54) is 6.20 Å². The first-order valence-corrected chi connectivity index (χ1v) is 4.03. The molecule has 0 aromatic carbocycles. The second-order valence-electron chi connectivity index (χ2n) is 2.39. The van der Waals surface area contributed by atoms with Gasteiger partial charge in [-0.3, -0.25) is 4.68 Å². The molecular formula is C7H7ClN4. The molecule has 2 rings (SSSR count). The highest BCUT2D eigenvalue weighted by atomic mass is 35.5. The van der Waals surface area contributed by atoms with Gasteiger partial charge in [-0.05, 0) is 6.92 Å². The molecule has 0 atom stereocenters. The summed E-state index contributed by atoms with van der Waals surface area (Å²) in [6.07, 6.45) is 3.37. The molecule has 0 unspecified atom stereocenters. The zero-order valence-electron chi connectivity index (χ0n) is 6.53. The van der Waals surface area contributed by atoms with E-state index in [2.05, 4.69) is 15.1 Å². The number of aryl methyl sites for hydroxylation is 1. The van der Waals surface area contributed by atoms with Gasteiger partial charge in [-0.2, -0.15) is 5.10 Å². The number of halogens is 1. The molecule has 5 heteroatoms. The Bertz CT molecular complexity index is 409. The minimum absolute atomic E-state index is 0.379. The number of fused-ring (bicyclic) bond motifs is 1. The second-order valence-corrected chi connectivity index (χ2v) is 2.77. The monoisotopic (exact) mass is 182 g/mol. The maximum atomic E-state index is 5.65. The summed E-state index contributed by atoms with van der Waals surface area (Å²) in [4.78, 5) is 8.09. The molecular weight excluding hydrogens is 176 g/mol. The molecule has 0 aliphatic heterocycles. The molecule has 0 aliphatic carbocycles. The Balaban J connectivity index is 2.67. The Hall–Kier alpha value is -1.16. The van der Waals surface area contributed by atoms with Gasteiger partial charge in [0.05, 0.1) is 12.4 Å². The van der Waals surface area contributed by atoms with E-state index in [4.69, 9.17) is 11.6 Å². The van der Waals surface area contributed by atoms with Gasteiger partial charge in [0.2, 0.25) is 5.65 Å². The summed E-state index contributed by atoms with van der Waals surface area (Å²) in [7, 11) is 0. The van der Waals surface area contributed by atoms with Gasteiger partial charge in [-0.25, -0.2) is 9.97 Å². The van der Waals surface area contributed by atoms with Crippen molar-refractivity contribution in [2.75, 3.05) is 0 Å². The van der Waals surface area contributed by atoms with Crippen molar-refractivity contribution in [3.63, 3.8) is 0 Å². The average Bonchev–Trinajstić information content (AvgIpc) is 2.46.